The van der Waals surface area contributed by atoms with Crippen molar-refractivity contribution in [3.8, 4) is 11.3 Å². The number of fused-ring (bicyclic) bond motifs is 1. The van der Waals surface area contributed by atoms with Crippen LogP contribution in [-0.2, 0) is 18.3 Å². The average Bonchev–Trinajstić information content (AvgIpc) is 3.14. The molecule has 0 fully saturated rings. The van der Waals surface area contributed by atoms with E-state index in [1.807, 2.05) is 56.4 Å². The molecule has 158 valence electrons. The Kier molecular flexibility index (Phi) is 5.66. The van der Waals surface area contributed by atoms with Crippen molar-refractivity contribution in [3.05, 3.63) is 65.9 Å². The number of hydrogen-bond donors (Lipinski definition) is 2. The molecular weight excluding hydrogens is 388 g/mol. The van der Waals surface area contributed by atoms with Crippen LogP contribution < -0.4 is 11.1 Å². The van der Waals surface area contributed by atoms with Gasteiger partial charge in [0.15, 0.2) is 5.82 Å². The van der Waals surface area contributed by atoms with Crippen molar-refractivity contribution >= 4 is 28.6 Å². The Balaban J connectivity index is 1.65. The molecule has 0 spiro atoms. The molecule has 0 aliphatic rings. The van der Waals surface area contributed by atoms with Gasteiger partial charge >= 0.3 is 0 Å². The van der Waals surface area contributed by atoms with Crippen molar-refractivity contribution in [2.45, 2.75) is 32.6 Å². The standard InChI is InChI=1S/C24H26N6O/c1-4-15-11-17(12-18-14-26-24(25)28-22(15)18)20-13-21(29-30(20)3)27-23(31)19(5-2)16-9-7-6-8-10-16/h6-14,19H,4-5H2,1-3H3,(H2,25,26,28)(H,27,29,31). The largest absolute Gasteiger partial charge is 0.368 e. The number of nitrogens with zero attached hydrogens (tertiary/aromatic N) is 4. The zero-order chi connectivity index (χ0) is 22.0. The summed E-state index contributed by atoms with van der Waals surface area (Å²) in [5.74, 6) is 0.518. The first-order valence-electron chi connectivity index (χ1n) is 10.5. The van der Waals surface area contributed by atoms with Crippen LogP contribution in [-0.4, -0.2) is 25.7 Å². The van der Waals surface area contributed by atoms with Crippen LogP contribution in [0.4, 0.5) is 11.8 Å². The third-order valence-electron chi connectivity index (χ3n) is 5.52. The molecule has 0 saturated carbocycles. The summed E-state index contributed by atoms with van der Waals surface area (Å²) in [6.07, 6.45) is 3.27. The van der Waals surface area contributed by atoms with E-state index in [0.29, 0.717) is 12.2 Å². The highest BCUT2D eigenvalue weighted by Gasteiger charge is 2.20. The Labute approximate surface area is 181 Å². The number of aryl methyl sites for hydroxylation is 2. The summed E-state index contributed by atoms with van der Waals surface area (Å²) in [5, 5.41) is 8.43. The zero-order valence-corrected chi connectivity index (χ0v) is 18.0. The number of benzene rings is 2. The fraction of sp³-hybridized carbons (Fsp3) is 0.250. The van der Waals surface area contributed by atoms with Crippen LogP contribution in [0, 0.1) is 0 Å². The van der Waals surface area contributed by atoms with E-state index in [1.165, 1.54) is 0 Å². The normalized spacial score (nSPS) is 12.1. The number of nitrogens with one attached hydrogen (secondary N) is 1. The van der Waals surface area contributed by atoms with E-state index in [9.17, 15) is 4.79 Å². The first-order chi connectivity index (χ1) is 15.0. The molecule has 1 amide bonds. The van der Waals surface area contributed by atoms with Crippen LogP contribution in [0.2, 0.25) is 0 Å². The molecule has 0 radical (unpaired) electrons. The highest BCUT2D eigenvalue weighted by molar-refractivity contribution is 5.95. The summed E-state index contributed by atoms with van der Waals surface area (Å²) in [6, 6.07) is 15.8. The van der Waals surface area contributed by atoms with Gasteiger partial charge in [0.2, 0.25) is 11.9 Å². The molecule has 4 rings (SSSR count). The number of nitrogen functional groups attached to an aromatic ring is 1. The summed E-state index contributed by atoms with van der Waals surface area (Å²) in [6.45, 7) is 4.09. The predicted octanol–water partition coefficient (Wildman–Crippen LogP) is 4.31. The van der Waals surface area contributed by atoms with Crippen LogP contribution >= 0.6 is 0 Å². The summed E-state index contributed by atoms with van der Waals surface area (Å²) in [5.41, 5.74) is 10.6. The van der Waals surface area contributed by atoms with Crippen LogP contribution in [0.5, 0.6) is 0 Å². The molecule has 1 atom stereocenters. The van der Waals surface area contributed by atoms with Crippen LogP contribution in [0.15, 0.2) is 54.7 Å². The lowest BCUT2D eigenvalue weighted by atomic mass is 9.96. The molecule has 7 nitrogen and oxygen atoms in total. The first kappa shape index (κ1) is 20.5. The van der Waals surface area contributed by atoms with Crippen molar-refractivity contribution < 1.29 is 4.79 Å². The zero-order valence-electron chi connectivity index (χ0n) is 18.0. The predicted molar refractivity (Wildman–Crippen MR) is 124 cm³/mol. The van der Waals surface area contributed by atoms with E-state index < -0.39 is 0 Å². The number of hydrogen-bond acceptors (Lipinski definition) is 5. The Morgan fingerprint density at radius 1 is 1.16 bits per heavy atom. The highest BCUT2D eigenvalue weighted by atomic mass is 16.2. The van der Waals surface area contributed by atoms with Gasteiger partial charge < -0.3 is 11.1 Å². The summed E-state index contributed by atoms with van der Waals surface area (Å²) in [4.78, 5) is 21.4. The maximum Gasteiger partial charge on any atom is 0.233 e. The Bertz CT molecular complexity index is 1230. The quantitative estimate of drug-likeness (QED) is 0.490. The highest BCUT2D eigenvalue weighted by Crippen LogP contribution is 2.29. The SMILES string of the molecule is CCc1cc(-c2cc(NC(=O)C(CC)c3ccccc3)nn2C)cc2cnc(N)nc12. The molecule has 7 heteroatoms. The summed E-state index contributed by atoms with van der Waals surface area (Å²) < 4.78 is 1.78. The van der Waals surface area contributed by atoms with Crippen molar-refractivity contribution in [1.29, 1.82) is 0 Å². The molecule has 0 aliphatic carbocycles. The van der Waals surface area contributed by atoms with Gasteiger partial charge in [-0.2, -0.15) is 5.10 Å². The third-order valence-corrected chi connectivity index (χ3v) is 5.52. The molecule has 2 aromatic carbocycles. The maximum absolute atomic E-state index is 12.9. The number of carbonyl (C=O) groups is 1. The van der Waals surface area contributed by atoms with E-state index in [2.05, 4.69) is 33.4 Å². The van der Waals surface area contributed by atoms with Gasteiger partial charge in [0.1, 0.15) is 0 Å². The summed E-state index contributed by atoms with van der Waals surface area (Å²) >= 11 is 0. The van der Waals surface area contributed by atoms with Gasteiger partial charge in [-0.15, -0.1) is 0 Å². The van der Waals surface area contributed by atoms with Gasteiger partial charge in [-0.3, -0.25) is 9.48 Å². The number of aromatic nitrogens is 4. The maximum atomic E-state index is 12.9. The van der Waals surface area contributed by atoms with E-state index >= 15 is 0 Å². The lowest BCUT2D eigenvalue weighted by Gasteiger charge is -2.14. The van der Waals surface area contributed by atoms with E-state index in [-0.39, 0.29) is 17.8 Å². The third kappa shape index (κ3) is 4.12. The molecule has 0 aliphatic heterocycles. The lowest BCUT2D eigenvalue weighted by Crippen LogP contribution is -2.21. The van der Waals surface area contributed by atoms with Gasteiger partial charge in [-0.25, -0.2) is 9.97 Å². The van der Waals surface area contributed by atoms with Crippen molar-refractivity contribution in [2.75, 3.05) is 11.1 Å². The minimum atomic E-state index is -0.221. The smallest absolute Gasteiger partial charge is 0.233 e. The topological polar surface area (TPSA) is 98.7 Å². The van der Waals surface area contributed by atoms with E-state index in [4.69, 9.17) is 5.73 Å². The van der Waals surface area contributed by atoms with Gasteiger partial charge in [-0.05, 0) is 36.1 Å². The van der Waals surface area contributed by atoms with Crippen molar-refractivity contribution in [1.82, 2.24) is 19.7 Å². The Morgan fingerprint density at radius 2 is 1.94 bits per heavy atom. The van der Waals surface area contributed by atoms with E-state index in [1.54, 1.807) is 10.9 Å². The minimum absolute atomic E-state index is 0.0602. The molecule has 31 heavy (non-hydrogen) atoms. The van der Waals surface area contributed by atoms with Gasteiger partial charge in [0, 0.05) is 30.3 Å². The van der Waals surface area contributed by atoms with Crippen molar-refractivity contribution in [2.24, 2.45) is 7.05 Å². The molecule has 4 aromatic rings. The number of carbonyl (C=O) groups excluding carboxylic acids is 1. The Hall–Kier alpha value is -3.74. The number of anilines is 2. The number of amides is 1. The van der Waals surface area contributed by atoms with E-state index in [0.717, 1.165) is 39.7 Å². The fourth-order valence-corrected chi connectivity index (χ4v) is 3.92. The van der Waals surface area contributed by atoms with Gasteiger partial charge in [0.25, 0.3) is 0 Å². The molecule has 1 unspecified atom stereocenters. The van der Waals surface area contributed by atoms with Gasteiger partial charge in [0.05, 0.1) is 17.1 Å². The second kappa shape index (κ2) is 8.55. The van der Waals surface area contributed by atoms with Gasteiger partial charge in [-0.1, -0.05) is 44.2 Å². The minimum Gasteiger partial charge on any atom is -0.368 e. The van der Waals surface area contributed by atoms with Crippen molar-refractivity contribution in [3.63, 3.8) is 0 Å². The number of rotatable bonds is 6. The monoisotopic (exact) mass is 414 g/mol. The van der Waals surface area contributed by atoms with Crippen LogP contribution in [0.1, 0.15) is 37.3 Å². The van der Waals surface area contributed by atoms with Crippen LogP contribution in [0.3, 0.4) is 0 Å². The molecule has 2 aromatic heterocycles. The molecular formula is C24H26N6O. The second-order valence-corrected chi connectivity index (χ2v) is 7.55. The fourth-order valence-electron chi connectivity index (χ4n) is 3.92. The molecule has 3 N–H and O–H groups in total. The molecule has 0 bridgehead atoms. The first-order valence-corrected chi connectivity index (χ1v) is 10.5. The van der Waals surface area contributed by atoms with Crippen LogP contribution in [0.25, 0.3) is 22.2 Å². The molecule has 2 heterocycles. The lowest BCUT2D eigenvalue weighted by molar-refractivity contribution is -0.117. The summed E-state index contributed by atoms with van der Waals surface area (Å²) in [7, 11) is 1.87. The average molecular weight is 415 g/mol. The molecule has 0 saturated heterocycles. The second-order valence-electron chi connectivity index (χ2n) is 7.55. The Morgan fingerprint density at radius 3 is 2.65 bits per heavy atom. The number of nitrogens with two attached hydrogens (primary N) is 1.